The average Bonchev–Trinajstić information content (AvgIpc) is 3.01. The molecule has 0 aliphatic heterocycles. The average molecular weight is 606 g/mol. The summed E-state index contributed by atoms with van der Waals surface area (Å²) in [6, 6.07) is -0.540. The normalized spacial score (nSPS) is 13.3. The molecule has 0 aliphatic rings. The van der Waals surface area contributed by atoms with Crippen molar-refractivity contribution in [3.05, 3.63) is 24.3 Å². The highest BCUT2D eigenvalue weighted by Gasteiger charge is 2.19. The van der Waals surface area contributed by atoms with Crippen LogP contribution in [0.2, 0.25) is 0 Å². The molecule has 0 heterocycles. The van der Waals surface area contributed by atoms with E-state index >= 15 is 0 Å². The fraction of sp³-hybridized carbons (Fsp3) is 0.872. The molecule has 0 fully saturated rings. The standard InChI is InChI=1S/C39H75NO3/c1-3-5-7-9-11-13-15-17-19-20-21-22-24-26-28-30-32-34-38(42)37(36-41)40-39(43)35-33-31-29-27-25-23-18-16-14-12-10-8-6-4-2/h10,12,16,18,37-38,41-42H,3-9,11,13-15,17,19-36H2,1-2H3,(H,40,43)/b12-10-,18-16-. The Morgan fingerprint density at radius 3 is 1.47 bits per heavy atom. The van der Waals surface area contributed by atoms with E-state index in [1.807, 2.05) is 0 Å². The molecule has 4 nitrogen and oxygen atoms in total. The lowest BCUT2D eigenvalue weighted by Crippen LogP contribution is -2.45. The molecule has 0 saturated heterocycles. The largest absolute Gasteiger partial charge is 0.394 e. The van der Waals surface area contributed by atoms with Crippen LogP contribution in [0.1, 0.15) is 200 Å². The second-order valence-electron chi connectivity index (χ2n) is 13.0. The van der Waals surface area contributed by atoms with Crippen LogP contribution in [0.3, 0.4) is 0 Å². The second kappa shape index (κ2) is 35.4. The van der Waals surface area contributed by atoms with Crippen molar-refractivity contribution in [1.29, 1.82) is 0 Å². The highest BCUT2D eigenvalue weighted by Crippen LogP contribution is 2.15. The molecule has 0 aromatic rings. The van der Waals surface area contributed by atoms with Crippen molar-refractivity contribution in [3.63, 3.8) is 0 Å². The maximum Gasteiger partial charge on any atom is 0.220 e. The van der Waals surface area contributed by atoms with Crippen molar-refractivity contribution >= 4 is 5.91 Å². The first kappa shape index (κ1) is 41.9. The van der Waals surface area contributed by atoms with Crippen LogP contribution in [0, 0.1) is 0 Å². The van der Waals surface area contributed by atoms with Gasteiger partial charge in [-0.2, -0.15) is 0 Å². The number of carbonyl (C=O) groups is 1. The van der Waals surface area contributed by atoms with Crippen molar-refractivity contribution in [1.82, 2.24) is 5.32 Å². The number of allylic oxidation sites excluding steroid dienone is 4. The van der Waals surface area contributed by atoms with Crippen molar-refractivity contribution in [2.75, 3.05) is 6.61 Å². The third kappa shape index (κ3) is 32.1. The van der Waals surface area contributed by atoms with E-state index in [4.69, 9.17) is 0 Å². The summed E-state index contributed by atoms with van der Waals surface area (Å²) in [7, 11) is 0. The summed E-state index contributed by atoms with van der Waals surface area (Å²) >= 11 is 0. The molecule has 0 spiro atoms. The Morgan fingerprint density at radius 1 is 0.558 bits per heavy atom. The molecule has 43 heavy (non-hydrogen) atoms. The Morgan fingerprint density at radius 2 is 0.977 bits per heavy atom. The molecule has 0 radical (unpaired) electrons. The van der Waals surface area contributed by atoms with Crippen molar-refractivity contribution < 1.29 is 15.0 Å². The van der Waals surface area contributed by atoms with Gasteiger partial charge in [0.1, 0.15) is 0 Å². The van der Waals surface area contributed by atoms with Gasteiger partial charge in [-0.15, -0.1) is 0 Å². The first-order valence-electron chi connectivity index (χ1n) is 19.0. The van der Waals surface area contributed by atoms with Crippen LogP contribution in [0.15, 0.2) is 24.3 Å². The third-order valence-corrected chi connectivity index (χ3v) is 8.72. The molecule has 0 aromatic carbocycles. The summed E-state index contributed by atoms with van der Waals surface area (Å²) in [5.41, 5.74) is 0. The number of rotatable bonds is 34. The first-order valence-corrected chi connectivity index (χ1v) is 19.0. The molecule has 2 atom stereocenters. The number of nitrogens with one attached hydrogen (secondary N) is 1. The maximum atomic E-state index is 12.3. The predicted molar refractivity (Wildman–Crippen MR) is 189 cm³/mol. The van der Waals surface area contributed by atoms with Gasteiger partial charge in [0.15, 0.2) is 0 Å². The van der Waals surface area contributed by atoms with Crippen LogP contribution in [0.5, 0.6) is 0 Å². The van der Waals surface area contributed by atoms with Crippen LogP contribution in [0.25, 0.3) is 0 Å². The Kier molecular flexibility index (Phi) is 34.4. The van der Waals surface area contributed by atoms with Gasteiger partial charge in [0.2, 0.25) is 5.91 Å². The van der Waals surface area contributed by atoms with Crippen LogP contribution in [-0.2, 0) is 4.79 Å². The van der Waals surface area contributed by atoms with E-state index in [2.05, 4.69) is 43.5 Å². The van der Waals surface area contributed by atoms with Gasteiger partial charge in [-0.3, -0.25) is 4.79 Å². The Hall–Kier alpha value is -1.13. The van der Waals surface area contributed by atoms with E-state index in [1.54, 1.807) is 0 Å². The van der Waals surface area contributed by atoms with E-state index in [9.17, 15) is 15.0 Å². The minimum Gasteiger partial charge on any atom is -0.394 e. The molecule has 0 aromatic heterocycles. The van der Waals surface area contributed by atoms with Gasteiger partial charge >= 0.3 is 0 Å². The molecule has 1 amide bonds. The van der Waals surface area contributed by atoms with Crippen LogP contribution in [-0.4, -0.2) is 34.9 Å². The van der Waals surface area contributed by atoms with Gasteiger partial charge in [0.05, 0.1) is 18.8 Å². The van der Waals surface area contributed by atoms with Gasteiger partial charge in [-0.05, 0) is 38.5 Å². The summed E-state index contributed by atoms with van der Waals surface area (Å²) < 4.78 is 0. The van der Waals surface area contributed by atoms with E-state index < -0.39 is 12.1 Å². The lowest BCUT2D eigenvalue weighted by molar-refractivity contribution is -0.123. The summed E-state index contributed by atoms with van der Waals surface area (Å²) in [5.74, 6) is -0.0459. The zero-order chi connectivity index (χ0) is 31.5. The minimum absolute atomic E-state index is 0.0459. The maximum absolute atomic E-state index is 12.3. The molecule has 0 aliphatic carbocycles. The molecular weight excluding hydrogens is 530 g/mol. The lowest BCUT2D eigenvalue weighted by atomic mass is 10.0. The fourth-order valence-electron chi connectivity index (χ4n) is 5.73. The van der Waals surface area contributed by atoms with Crippen molar-refractivity contribution in [2.24, 2.45) is 0 Å². The van der Waals surface area contributed by atoms with E-state index in [-0.39, 0.29) is 12.5 Å². The van der Waals surface area contributed by atoms with Crippen molar-refractivity contribution in [2.45, 2.75) is 212 Å². The van der Waals surface area contributed by atoms with Crippen LogP contribution < -0.4 is 5.32 Å². The number of aliphatic hydroxyl groups excluding tert-OH is 2. The summed E-state index contributed by atoms with van der Waals surface area (Å²) in [6.07, 6.45) is 43.7. The van der Waals surface area contributed by atoms with Gasteiger partial charge < -0.3 is 15.5 Å². The third-order valence-electron chi connectivity index (χ3n) is 8.72. The molecule has 0 saturated carbocycles. The van der Waals surface area contributed by atoms with Crippen molar-refractivity contribution in [3.8, 4) is 0 Å². The van der Waals surface area contributed by atoms with Gasteiger partial charge in [0.25, 0.3) is 0 Å². The molecule has 0 bridgehead atoms. The summed E-state index contributed by atoms with van der Waals surface area (Å²) in [5, 5.41) is 23.1. The zero-order valence-electron chi connectivity index (χ0n) is 29.0. The number of carbonyl (C=O) groups excluding carboxylic acids is 1. The van der Waals surface area contributed by atoms with Crippen LogP contribution >= 0.6 is 0 Å². The van der Waals surface area contributed by atoms with E-state index in [1.165, 1.54) is 128 Å². The Bertz CT molecular complexity index is 618. The summed E-state index contributed by atoms with van der Waals surface area (Å²) in [6.45, 7) is 4.31. The molecule has 4 heteroatoms. The molecular formula is C39H75NO3. The highest BCUT2D eigenvalue weighted by atomic mass is 16.3. The topological polar surface area (TPSA) is 69.6 Å². The number of aliphatic hydroxyl groups is 2. The monoisotopic (exact) mass is 606 g/mol. The minimum atomic E-state index is -0.662. The number of unbranched alkanes of at least 4 members (excludes halogenated alkanes) is 23. The molecule has 0 rings (SSSR count). The number of hydrogen-bond acceptors (Lipinski definition) is 3. The SMILES string of the molecule is CCCC/C=C\C/C=C\CCCCCCCC(=O)NC(CO)C(O)CCCCCCCCCCCCCCCCCCC. The quantitative estimate of drug-likeness (QED) is 0.0505. The van der Waals surface area contributed by atoms with E-state index in [0.717, 1.165) is 44.9 Å². The van der Waals surface area contributed by atoms with Gasteiger partial charge in [-0.25, -0.2) is 0 Å². The first-order chi connectivity index (χ1) is 21.2. The number of amides is 1. The Balaban J connectivity index is 3.56. The fourth-order valence-corrected chi connectivity index (χ4v) is 5.73. The zero-order valence-corrected chi connectivity index (χ0v) is 29.0. The predicted octanol–water partition coefficient (Wildman–Crippen LogP) is 11.3. The molecule has 254 valence electrons. The highest BCUT2D eigenvalue weighted by molar-refractivity contribution is 5.76. The number of hydrogen-bond donors (Lipinski definition) is 3. The van der Waals surface area contributed by atoms with Crippen LogP contribution in [0.4, 0.5) is 0 Å². The van der Waals surface area contributed by atoms with Gasteiger partial charge in [0, 0.05) is 6.42 Å². The summed E-state index contributed by atoms with van der Waals surface area (Å²) in [4.78, 5) is 12.3. The molecule has 2 unspecified atom stereocenters. The van der Waals surface area contributed by atoms with Gasteiger partial charge in [-0.1, -0.05) is 179 Å². The Labute approximate surface area is 269 Å². The second-order valence-corrected chi connectivity index (χ2v) is 13.0. The smallest absolute Gasteiger partial charge is 0.220 e. The van der Waals surface area contributed by atoms with E-state index in [0.29, 0.717) is 12.8 Å². The molecule has 3 N–H and O–H groups in total. The lowest BCUT2D eigenvalue weighted by Gasteiger charge is -2.22.